The summed E-state index contributed by atoms with van der Waals surface area (Å²) in [5.41, 5.74) is 0.898. The van der Waals surface area contributed by atoms with Crippen LogP contribution in [-0.4, -0.2) is 11.7 Å². The van der Waals surface area contributed by atoms with Crippen LogP contribution in [0.1, 0.15) is 31.4 Å². The molecule has 122 valence electrons. The van der Waals surface area contributed by atoms with Gasteiger partial charge in [0.2, 0.25) is 5.91 Å². The number of hydrogen-bond donors (Lipinski definition) is 1. The number of amides is 1. The summed E-state index contributed by atoms with van der Waals surface area (Å²) in [7, 11) is 0. The van der Waals surface area contributed by atoms with Gasteiger partial charge in [0.05, 0.1) is 6.04 Å². The minimum absolute atomic E-state index is 0.0125. The molecule has 0 fully saturated rings. The van der Waals surface area contributed by atoms with Crippen LogP contribution >= 0.6 is 23.4 Å². The topological polar surface area (TPSA) is 29.1 Å². The molecule has 2 nitrogen and oxygen atoms in total. The Morgan fingerprint density at radius 2 is 1.83 bits per heavy atom. The number of carbonyl (C=O) groups excluding carboxylic acids is 1. The molecule has 0 bridgehead atoms. The molecule has 0 heterocycles. The first-order valence-corrected chi connectivity index (χ1v) is 8.84. The molecule has 0 aromatic heterocycles. The summed E-state index contributed by atoms with van der Waals surface area (Å²) in [6.45, 7) is 1.90. The normalized spacial score (nSPS) is 12.0. The van der Waals surface area contributed by atoms with E-state index in [-0.39, 0.29) is 17.8 Å². The van der Waals surface area contributed by atoms with E-state index in [4.69, 9.17) is 11.6 Å². The van der Waals surface area contributed by atoms with Gasteiger partial charge in [-0.05, 0) is 61.1 Å². The largest absolute Gasteiger partial charge is 0.350 e. The van der Waals surface area contributed by atoms with Crippen LogP contribution < -0.4 is 5.32 Å². The number of rotatable bonds is 7. The van der Waals surface area contributed by atoms with Crippen LogP contribution in [0, 0.1) is 5.82 Å². The second-order valence-corrected chi connectivity index (χ2v) is 6.85. The van der Waals surface area contributed by atoms with Gasteiger partial charge in [-0.1, -0.05) is 23.7 Å². The van der Waals surface area contributed by atoms with Gasteiger partial charge in [-0.25, -0.2) is 4.39 Å². The molecule has 0 spiro atoms. The molecular formula is C18H19ClFNOS. The van der Waals surface area contributed by atoms with Crippen LogP contribution in [0.3, 0.4) is 0 Å². The van der Waals surface area contributed by atoms with Gasteiger partial charge in [-0.15, -0.1) is 11.8 Å². The zero-order valence-corrected chi connectivity index (χ0v) is 14.5. The Hall–Kier alpha value is -1.52. The SMILES string of the molecule is C[C@H](NC(=O)CCCSc1ccc(Cl)cc1)c1ccc(F)cc1. The van der Waals surface area contributed by atoms with E-state index in [1.54, 1.807) is 23.9 Å². The van der Waals surface area contributed by atoms with E-state index in [0.717, 1.165) is 27.7 Å². The number of thioether (sulfide) groups is 1. The molecule has 0 aliphatic rings. The van der Waals surface area contributed by atoms with Gasteiger partial charge in [0.15, 0.2) is 0 Å². The summed E-state index contributed by atoms with van der Waals surface area (Å²) in [6, 6.07) is 13.7. The first kappa shape index (κ1) is 17.8. The molecule has 1 amide bonds. The summed E-state index contributed by atoms with van der Waals surface area (Å²) in [4.78, 5) is 13.1. The molecule has 1 atom stereocenters. The standard InChI is InChI=1S/C18H19ClFNOS/c1-13(14-4-8-16(20)9-5-14)21-18(22)3-2-12-23-17-10-6-15(19)7-11-17/h4-11,13H,2-3,12H2,1H3,(H,21,22)/t13-/m0/s1. The average Bonchev–Trinajstić information content (AvgIpc) is 2.54. The molecule has 0 saturated carbocycles. The van der Waals surface area contributed by atoms with E-state index in [9.17, 15) is 9.18 Å². The van der Waals surface area contributed by atoms with Gasteiger partial charge in [0.1, 0.15) is 5.82 Å². The lowest BCUT2D eigenvalue weighted by molar-refractivity contribution is -0.121. The smallest absolute Gasteiger partial charge is 0.220 e. The highest BCUT2D eigenvalue weighted by atomic mass is 35.5. The third kappa shape index (κ3) is 6.24. The van der Waals surface area contributed by atoms with Gasteiger partial charge >= 0.3 is 0 Å². The predicted molar refractivity (Wildman–Crippen MR) is 94.4 cm³/mol. The minimum Gasteiger partial charge on any atom is -0.350 e. The summed E-state index contributed by atoms with van der Waals surface area (Å²) >= 11 is 7.55. The molecular weight excluding hydrogens is 333 g/mol. The first-order valence-electron chi connectivity index (χ1n) is 7.48. The number of halogens is 2. The number of nitrogens with one attached hydrogen (secondary N) is 1. The highest BCUT2D eigenvalue weighted by molar-refractivity contribution is 7.99. The fraction of sp³-hybridized carbons (Fsp3) is 0.278. The first-order chi connectivity index (χ1) is 11.0. The Labute approximate surface area is 145 Å². The summed E-state index contributed by atoms with van der Waals surface area (Å²) in [5, 5.41) is 3.66. The average molecular weight is 352 g/mol. The van der Waals surface area contributed by atoms with Crippen LogP contribution in [0.15, 0.2) is 53.4 Å². The summed E-state index contributed by atoms with van der Waals surface area (Å²) < 4.78 is 12.9. The molecule has 2 aromatic carbocycles. The molecule has 0 aliphatic carbocycles. The lowest BCUT2D eigenvalue weighted by Gasteiger charge is -2.14. The molecule has 23 heavy (non-hydrogen) atoms. The number of benzene rings is 2. The molecule has 0 saturated heterocycles. The van der Waals surface area contributed by atoms with Crippen LogP contribution in [0.4, 0.5) is 4.39 Å². The van der Waals surface area contributed by atoms with Gasteiger partial charge in [-0.3, -0.25) is 4.79 Å². The number of hydrogen-bond acceptors (Lipinski definition) is 2. The zero-order chi connectivity index (χ0) is 16.7. The van der Waals surface area contributed by atoms with Gasteiger partial charge < -0.3 is 5.32 Å². The van der Waals surface area contributed by atoms with Crippen molar-refractivity contribution in [3.05, 3.63) is 64.9 Å². The Morgan fingerprint density at radius 3 is 2.48 bits per heavy atom. The maximum absolute atomic E-state index is 12.9. The van der Waals surface area contributed by atoms with Crippen molar-refractivity contribution in [1.29, 1.82) is 0 Å². The Bertz CT molecular complexity index is 630. The zero-order valence-electron chi connectivity index (χ0n) is 12.9. The van der Waals surface area contributed by atoms with Crippen molar-refractivity contribution in [2.24, 2.45) is 0 Å². The molecule has 2 aromatic rings. The molecule has 0 aliphatic heterocycles. The van der Waals surface area contributed by atoms with E-state index in [1.807, 2.05) is 31.2 Å². The highest BCUT2D eigenvalue weighted by Gasteiger charge is 2.09. The van der Waals surface area contributed by atoms with E-state index in [1.165, 1.54) is 12.1 Å². The van der Waals surface area contributed by atoms with E-state index >= 15 is 0 Å². The van der Waals surface area contributed by atoms with Crippen LogP contribution in [0.2, 0.25) is 5.02 Å². The monoisotopic (exact) mass is 351 g/mol. The van der Waals surface area contributed by atoms with Crippen molar-refractivity contribution < 1.29 is 9.18 Å². The fourth-order valence-electron chi connectivity index (χ4n) is 2.10. The van der Waals surface area contributed by atoms with Crippen molar-refractivity contribution in [1.82, 2.24) is 5.32 Å². The predicted octanol–water partition coefficient (Wildman–Crippen LogP) is 5.23. The Morgan fingerprint density at radius 1 is 1.17 bits per heavy atom. The lowest BCUT2D eigenvalue weighted by Crippen LogP contribution is -2.26. The summed E-state index contributed by atoms with van der Waals surface area (Å²) in [5.74, 6) is 0.616. The second kappa shape index (κ2) is 8.94. The van der Waals surface area contributed by atoms with Crippen molar-refractivity contribution in [3.63, 3.8) is 0 Å². The van der Waals surface area contributed by atoms with Crippen molar-refractivity contribution in [2.45, 2.75) is 30.7 Å². The van der Waals surface area contributed by atoms with Crippen LogP contribution in [0.25, 0.3) is 0 Å². The minimum atomic E-state index is -0.272. The highest BCUT2D eigenvalue weighted by Crippen LogP contribution is 2.21. The Kier molecular flexibility index (Phi) is 6.93. The van der Waals surface area contributed by atoms with Crippen LogP contribution in [-0.2, 0) is 4.79 Å². The molecule has 2 rings (SSSR count). The number of carbonyl (C=O) groups is 1. The molecule has 0 unspecified atom stereocenters. The van der Waals surface area contributed by atoms with Gasteiger partial charge in [-0.2, -0.15) is 0 Å². The maximum atomic E-state index is 12.9. The molecule has 1 N–H and O–H groups in total. The third-order valence-corrected chi connectivity index (χ3v) is 4.73. The second-order valence-electron chi connectivity index (χ2n) is 5.25. The molecule has 5 heteroatoms. The van der Waals surface area contributed by atoms with E-state index < -0.39 is 0 Å². The Balaban J connectivity index is 1.68. The van der Waals surface area contributed by atoms with Crippen molar-refractivity contribution in [3.8, 4) is 0 Å². The lowest BCUT2D eigenvalue weighted by atomic mass is 10.1. The van der Waals surface area contributed by atoms with E-state index in [0.29, 0.717) is 6.42 Å². The van der Waals surface area contributed by atoms with Crippen molar-refractivity contribution >= 4 is 29.3 Å². The molecule has 0 radical (unpaired) electrons. The van der Waals surface area contributed by atoms with Crippen molar-refractivity contribution in [2.75, 3.05) is 5.75 Å². The maximum Gasteiger partial charge on any atom is 0.220 e. The summed E-state index contributed by atoms with van der Waals surface area (Å²) in [6.07, 6.45) is 1.28. The van der Waals surface area contributed by atoms with Gasteiger partial charge in [0, 0.05) is 16.3 Å². The fourth-order valence-corrected chi connectivity index (χ4v) is 3.08. The van der Waals surface area contributed by atoms with E-state index in [2.05, 4.69) is 5.32 Å². The van der Waals surface area contributed by atoms with Crippen LogP contribution in [0.5, 0.6) is 0 Å². The van der Waals surface area contributed by atoms with Gasteiger partial charge in [0.25, 0.3) is 0 Å². The third-order valence-electron chi connectivity index (χ3n) is 3.38. The quantitative estimate of drug-likeness (QED) is 0.546.